The summed E-state index contributed by atoms with van der Waals surface area (Å²) in [5.74, 6) is -2.68. The summed E-state index contributed by atoms with van der Waals surface area (Å²) in [5, 5.41) is 20.3. The van der Waals surface area contributed by atoms with E-state index in [1.54, 1.807) is 6.07 Å². The summed E-state index contributed by atoms with van der Waals surface area (Å²) >= 11 is 0. The molecule has 0 aliphatic rings. The average Bonchev–Trinajstić information content (AvgIpc) is 2.48. The third-order valence-corrected chi connectivity index (χ3v) is 3.28. The lowest BCUT2D eigenvalue weighted by atomic mass is 9.92. The number of nitrogens with zero attached hydrogens (tertiary/aromatic N) is 2. The Kier molecular flexibility index (Phi) is 6.28. The van der Waals surface area contributed by atoms with Crippen LogP contribution in [0.4, 0.5) is 18.9 Å². The number of hydrogen-bond acceptors (Lipinski definition) is 5. The van der Waals surface area contributed by atoms with Crippen LogP contribution in [-0.4, -0.2) is 17.5 Å². The summed E-state index contributed by atoms with van der Waals surface area (Å²) in [7, 11) is 0. The predicted octanol–water partition coefficient (Wildman–Crippen LogP) is 3.87. The number of aryl methyl sites for hydroxylation is 1. The van der Waals surface area contributed by atoms with E-state index in [1.165, 1.54) is 6.92 Å². The molecule has 6 nitrogen and oxygen atoms in total. The normalized spacial score (nSPS) is 12.3. The minimum Gasteiger partial charge on any atom is -0.464 e. The van der Waals surface area contributed by atoms with Gasteiger partial charge in [0, 0.05) is 6.07 Å². The lowest BCUT2D eigenvalue weighted by molar-refractivity contribution is -0.385. The molecule has 1 aromatic rings. The van der Waals surface area contributed by atoms with Crippen LogP contribution in [0.25, 0.3) is 0 Å². The number of halogens is 3. The van der Waals surface area contributed by atoms with Crippen molar-refractivity contribution in [2.75, 3.05) is 6.61 Å². The Morgan fingerprint density at radius 3 is 2.54 bits per heavy atom. The number of alkyl halides is 3. The first kappa shape index (κ1) is 19.4. The number of nitriles is 1. The van der Waals surface area contributed by atoms with Gasteiger partial charge in [-0.1, -0.05) is 13.3 Å². The van der Waals surface area contributed by atoms with Gasteiger partial charge < -0.3 is 4.74 Å². The molecular formula is C15H15F3N2O4. The number of esters is 1. The van der Waals surface area contributed by atoms with Crippen LogP contribution in [0.3, 0.4) is 0 Å². The van der Waals surface area contributed by atoms with Gasteiger partial charge in [-0.05, 0) is 25.0 Å². The van der Waals surface area contributed by atoms with Crippen molar-refractivity contribution in [3.8, 4) is 6.07 Å². The molecule has 0 spiro atoms. The van der Waals surface area contributed by atoms with Crippen LogP contribution in [0.5, 0.6) is 0 Å². The van der Waals surface area contributed by atoms with E-state index in [0.29, 0.717) is 18.6 Å². The minimum atomic E-state index is -4.78. The number of carbonyl (C=O) groups excluding carboxylic acids is 1. The SMILES string of the molecule is CCCCOC(=O)C(C#N)c1c(C)cc(C(F)(F)F)cc1[N+](=O)[O-]. The molecule has 1 rings (SSSR count). The molecule has 130 valence electrons. The first-order valence-electron chi connectivity index (χ1n) is 7.05. The van der Waals surface area contributed by atoms with Crippen molar-refractivity contribution in [1.29, 1.82) is 5.26 Å². The lowest BCUT2D eigenvalue weighted by Crippen LogP contribution is -2.18. The van der Waals surface area contributed by atoms with Crippen LogP contribution in [0.15, 0.2) is 12.1 Å². The Balaban J connectivity index is 3.37. The topological polar surface area (TPSA) is 93.2 Å². The van der Waals surface area contributed by atoms with Gasteiger partial charge in [0.2, 0.25) is 0 Å². The molecule has 0 amide bonds. The van der Waals surface area contributed by atoms with Gasteiger partial charge >= 0.3 is 12.1 Å². The molecule has 1 unspecified atom stereocenters. The van der Waals surface area contributed by atoms with Gasteiger partial charge in [-0.2, -0.15) is 18.4 Å². The highest BCUT2D eigenvalue weighted by Gasteiger charge is 2.37. The highest BCUT2D eigenvalue weighted by atomic mass is 19.4. The van der Waals surface area contributed by atoms with Gasteiger partial charge in [-0.15, -0.1) is 0 Å². The monoisotopic (exact) mass is 344 g/mol. The quantitative estimate of drug-likeness (QED) is 0.338. The molecule has 0 heterocycles. The van der Waals surface area contributed by atoms with E-state index in [2.05, 4.69) is 0 Å². The number of nitro benzene ring substituents is 1. The van der Waals surface area contributed by atoms with E-state index < -0.39 is 34.2 Å². The number of ether oxygens (including phenoxy) is 1. The van der Waals surface area contributed by atoms with Crippen molar-refractivity contribution < 1.29 is 27.6 Å². The van der Waals surface area contributed by atoms with Crippen LogP contribution in [-0.2, 0) is 15.7 Å². The summed E-state index contributed by atoms with van der Waals surface area (Å²) in [6.07, 6.45) is -3.51. The summed E-state index contributed by atoms with van der Waals surface area (Å²) in [6, 6.07) is 2.58. The molecule has 0 aliphatic heterocycles. The van der Waals surface area contributed by atoms with Gasteiger partial charge in [0.1, 0.15) is 0 Å². The third kappa shape index (κ3) is 4.44. The molecule has 0 N–H and O–H groups in total. The maximum Gasteiger partial charge on any atom is 0.416 e. The molecule has 1 atom stereocenters. The molecule has 0 saturated heterocycles. The van der Waals surface area contributed by atoms with E-state index in [9.17, 15) is 33.3 Å². The highest BCUT2D eigenvalue weighted by molar-refractivity contribution is 5.83. The van der Waals surface area contributed by atoms with Crippen LogP contribution >= 0.6 is 0 Å². The van der Waals surface area contributed by atoms with Crippen LogP contribution in [0, 0.1) is 28.4 Å². The zero-order valence-corrected chi connectivity index (χ0v) is 13.0. The number of hydrogen-bond donors (Lipinski definition) is 0. The number of carbonyl (C=O) groups is 1. The van der Waals surface area contributed by atoms with Crippen LogP contribution in [0.2, 0.25) is 0 Å². The maximum absolute atomic E-state index is 12.8. The summed E-state index contributed by atoms with van der Waals surface area (Å²) in [6.45, 7) is 3.06. The Hall–Kier alpha value is -2.63. The molecule has 0 bridgehead atoms. The van der Waals surface area contributed by atoms with Crippen molar-refractivity contribution in [3.05, 3.63) is 38.9 Å². The standard InChI is InChI=1S/C15H15F3N2O4/c1-3-4-5-24-14(21)11(8-19)13-9(2)6-10(15(16,17)18)7-12(13)20(22)23/h6-7,11H,3-5H2,1-2H3. The summed E-state index contributed by atoms with van der Waals surface area (Å²) < 4.78 is 43.3. The maximum atomic E-state index is 12.8. The van der Waals surface area contributed by atoms with Crippen LogP contribution in [0.1, 0.15) is 42.4 Å². The van der Waals surface area contributed by atoms with Gasteiger partial charge in [-0.25, -0.2) is 0 Å². The van der Waals surface area contributed by atoms with E-state index in [0.717, 1.165) is 6.42 Å². The van der Waals surface area contributed by atoms with Gasteiger partial charge in [-0.3, -0.25) is 14.9 Å². The molecule has 24 heavy (non-hydrogen) atoms. The zero-order valence-electron chi connectivity index (χ0n) is 13.0. The highest BCUT2D eigenvalue weighted by Crippen LogP contribution is 2.37. The number of benzene rings is 1. The van der Waals surface area contributed by atoms with Crippen LogP contribution < -0.4 is 0 Å². The molecule has 0 saturated carbocycles. The predicted molar refractivity (Wildman–Crippen MR) is 77.1 cm³/mol. The van der Waals surface area contributed by atoms with E-state index in [1.807, 2.05) is 6.92 Å². The van der Waals surface area contributed by atoms with Crippen molar-refractivity contribution >= 4 is 11.7 Å². The van der Waals surface area contributed by atoms with Crippen molar-refractivity contribution in [2.45, 2.75) is 38.8 Å². The fraction of sp³-hybridized carbons (Fsp3) is 0.467. The van der Waals surface area contributed by atoms with E-state index >= 15 is 0 Å². The molecule has 0 fully saturated rings. The number of nitro groups is 1. The molecule has 0 aromatic heterocycles. The second kappa shape index (κ2) is 7.77. The van der Waals surface area contributed by atoms with Crippen molar-refractivity contribution in [1.82, 2.24) is 0 Å². The first-order chi connectivity index (χ1) is 11.1. The second-order valence-electron chi connectivity index (χ2n) is 5.06. The zero-order chi connectivity index (χ0) is 18.5. The Labute approximate surface area is 136 Å². The first-order valence-corrected chi connectivity index (χ1v) is 7.05. The average molecular weight is 344 g/mol. The number of rotatable bonds is 6. The lowest BCUT2D eigenvalue weighted by Gasteiger charge is -2.15. The fourth-order valence-corrected chi connectivity index (χ4v) is 2.11. The smallest absolute Gasteiger partial charge is 0.416 e. The van der Waals surface area contributed by atoms with E-state index in [-0.39, 0.29) is 17.7 Å². The molecular weight excluding hydrogens is 329 g/mol. The molecule has 9 heteroatoms. The van der Waals surface area contributed by atoms with Gasteiger partial charge in [0.15, 0.2) is 5.92 Å². The second-order valence-corrected chi connectivity index (χ2v) is 5.06. The van der Waals surface area contributed by atoms with Crippen molar-refractivity contribution in [2.24, 2.45) is 0 Å². The van der Waals surface area contributed by atoms with Gasteiger partial charge in [0.05, 0.1) is 28.7 Å². The largest absolute Gasteiger partial charge is 0.464 e. The molecule has 0 aliphatic carbocycles. The Morgan fingerprint density at radius 2 is 2.08 bits per heavy atom. The fourth-order valence-electron chi connectivity index (χ4n) is 2.11. The summed E-state index contributed by atoms with van der Waals surface area (Å²) in [5.41, 5.74) is -2.69. The van der Waals surface area contributed by atoms with Crippen molar-refractivity contribution in [3.63, 3.8) is 0 Å². The van der Waals surface area contributed by atoms with E-state index in [4.69, 9.17) is 4.74 Å². The molecule has 0 radical (unpaired) electrons. The summed E-state index contributed by atoms with van der Waals surface area (Å²) in [4.78, 5) is 22.1. The Morgan fingerprint density at radius 1 is 1.46 bits per heavy atom. The molecule has 1 aromatic carbocycles. The Bertz CT molecular complexity index is 681. The third-order valence-electron chi connectivity index (χ3n) is 3.28. The number of unbranched alkanes of at least 4 members (excludes halogenated alkanes) is 1. The minimum absolute atomic E-state index is 0.0288. The van der Waals surface area contributed by atoms with Gasteiger partial charge in [0.25, 0.3) is 5.69 Å².